The third-order valence-electron chi connectivity index (χ3n) is 2.23. The molecule has 1 amide bonds. The summed E-state index contributed by atoms with van der Waals surface area (Å²) in [5.74, 6) is -2.19. The van der Waals surface area contributed by atoms with Crippen molar-refractivity contribution in [1.82, 2.24) is 4.98 Å². The molecule has 0 fully saturated rings. The molecule has 4 nitrogen and oxygen atoms in total. The molecule has 0 aliphatic heterocycles. The van der Waals surface area contributed by atoms with Crippen LogP contribution in [0.4, 0.5) is 13.9 Å². The van der Waals surface area contributed by atoms with Gasteiger partial charge >= 0.3 is 0 Å². The molecular weight excluding hydrogens is 274 g/mol. The fraction of sp³-hybridized carbons (Fsp3) is 0.167. The second-order valence-corrected chi connectivity index (χ2v) is 4.56. The minimum atomic E-state index is -0.927. The van der Waals surface area contributed by atoms with Crippen LogP contribution in [-0.4, -0.2) is 17.0 Å². The zero-order chi connectivity index (χ0) is 13.8. The molecule has 0 spiro atoms. The van der Waals surface area contributed by atoms with Crippen LogP contribution in [0, 0.1) is 11.6 Å². The minimum Gasteiger partial charge on any atom is -0.478 e. The van der Waals surface area contributed by atoms with Crippen molar-refractivity contribution >= 4 is 22.4 Å². The highest BCUT2D eigenvalue weighted by Crippen LogP contribution is 2.19. The van der Waals surface area contributed by atoms with Crippen LogP contribution < -0.4 is 10.1 Å². The first-order chi connectivity index (χ1) is 9.06. The van der Waals surface area contributed by atoms with Gasteiger partial charge in [-0.2, -0.15) is 0 Å². The van der Waals surface area contributed by atoms with Gasteiger partial charge in [0.05, 0.1) is 0 Å². The molecule has 19 heavy (non-hydrogen) atoms. The molecular formula is C12H10F2N2O2S. The Morgan fingerprint density at radius 1 is 1.47 bits per heavy atom. The van der Waals surface area contributed by atoms with Crippen LogP contribution in [-0.2, 0) is 4.79 Å². The van der Waals surface area contributed by atoms with Crippen LogP contribution in [0.1, 0.15) is 6.92 Å². The minimum absolute atomic E-state index is 0.178. The summed E-state index contributed by atoms with van der Waals surface area (Å²) in [7, 11) is 0. The standard InChI is InChI=1S/C12H10F2N2O2S/c1-7(11(17)16-12-15-4-5-19-12)18-10-3-2-8(13)6-9(10)14/h2-7H,1H3,(H,15,16,17)/t7-/m1/s1. The SMILES string of the molecule is C[C@@H](Oc1ccc(F)cc1F)C(=O)Nc1nccs1. The van der Waals surface area contributed by atoms with Gasteiger partial charge in [-0.05, 0) is 19.1 Å². The number of rotatable bonds is 4. The molecule has 0 bridgehead atoms. The van der Waals surface area contributed by atoms with E-state index in [2.05, 4.69) is 10.3 Å². The largest absolute Gasteiger partial charge is 0.478 e. The summed E-state index contributed by atoms with van der Waals surface area (Å²) < 4.78 is 31.2. The Balaban J connectivity index is 2.00. The van der Waals surface area contributed by atoms with E-state index in [0.717, 1.165) is 12.1 Å². The van der Waals surface area contributed by atoms with Gasteiger partial charge in [-0.15, -0.1) is 11.3 Å². The molecule has 7 heteroatoms. The van der Waals surface area contributed by atoms with E-state index in [1.54, 1.807) is 11.6 Å². The van der Waals surface area contributed by atoms with Crippen molar-refractivity contribution in [2.24, 2.45) is 0 Å². The Morgan fingerprint density at radius 2 is 2.26 bits per heavy atom. The number of hydrogen-bond donors (Lipinski definition) is 1. The summed E-state index contributed by atoms with van der Waals surface area (Å²) in [4.78, 5) is 15.6. The summed E-state index contributed by atoms with van der Waals surface area (Å²) in [5.41, 5.74) is 0. The van der Waals surface area contributed by atoms with Crippen molar-refractivity contribution in [2.45, 2.75) is 13.0 Å². The lowest BCUT2D eigenvalue weighted by atomic mass is 10.3. The second-order valence-electron chi connectivity index (χ2n) is 3.66. The Kier molecular flexibility index (Phi) is 4.06. The van der Waals surface area contributed by atoms with Crippen LogP contribution in [0.5, 0.6) is 5.75 Å². The lowest BCUT2D eigenvalue weighted by Crippen LogP contribution is -2.30. The molecule has 2 aromatic rings. The van der Waals surface area contributed by atoms with E-state index in [-0.39, 0.29) is 5.75 Å². The maximum absolute atomic E-state index is 13.3. The van der Waals surface area contributed by atoms with Crippen LogP contribution >= 0.6 is 11.3 Å². The maximum Gasteiger partial charge on any atom is 0.266 e. The van der Waals surface area contributed by atoms with Crippen molar-refractivity contribution in [1.29, 1.82) is 0 Å². The van der Waals surface area contributed by atoms with Crippen LogP contribution in [0.15, 0.2) is 29.8 Å². The predicted octanol–water partition coefficient (Wildman–Crippen LogP) is 2.83. The number of hydrogen-bond acceptors (Lipinski definition) is 4. The third-order valence-corrected chi connectivity index (χ3v) is 2.92. The Morgan fingerprint density at radius 3 is 2.89 bits per heavy atom. The second kappa shape index (κ2) is 5.75. The number of nitrogens with one attached hydrogen (secondary N) is 1. The predicted molar refractivity (Wildman–Crippen MR) is 67.2 cm³/mol. The van der Waals surface area contributed by atoms with E-state index in [0.29, 0.717) is 11.2 Å². The average molecular weight is 284 g/mol. The topological polar surface area (TPSA) is 51.2 Å². The molecule has 1 aromatic carbocycles. The first-order valence-electron chi connectivity index (χ1n) is 5.38. The number of ether oxygens (including phenoxy) is 1. The fourth-order valence-electron chi connectivity index (χ4n) is 1.31. The molecule has 0 aliphatic carbocycles. The summed E-state index contributed by atoms with van der Waals surface area (Å²) >= 11 is 1.26. The van der Waals surface area contributed by atoms with E-state index < -0.39 is 23.6 Å². The number of amides is 1. The van der Waals surface area contributed by atoms with Crippen LogP contribution in [0.3, 0.4) is 0 Å². The number of anilines is 1. The van der Waals surface area contributed by atoms with Crippen LogP contribution in [0.2, 0.25) is 0 Å². The zero-order valence-corrected chi connectivity index (χ0v) is 10.7. The first kappa shape index (κ1) is 13.4. The first-order valence-corrected chi connectivity index (χ1v) is 6.26. The van der Waals surface area contributed by atoms with Gasteiger partial charge in [0.25, 0.3) is 5.91 Å². The van der Waals surface area contributed by atoms with E-state index in [9.17, 15) is 13.6 Å². The Bertz CT molecular complexity index is 575. The Labute approximate surface area is 112 Å². The van der Waals surface area contributed by atoms with Gasteiger partial charge < -0.3 is 4.74 Å². The summed E-state index contributed by atoms with van der Waals surface area (Å²) in [5, 5.41) is 4.66. The quantitative estimate of drug-likeness (QED) is 0.939. The molecule has 0 saturated carbocycles. The average Bonchev–Trinajstić information content (AvgIpc) is 2.85. The molecule has 1 atom stereocenters. The van der Waals surface area contributed by atoms with E-state index in [1.807, 2.05) is 0 Å². The third kappa shape index (κ3) is 3.47. The lowest BCUT2D eigenvalue weighted by Gasteiger charge is -2.14. The van der Waals surface area contributed by atoms with Gasteiger partial charge in [0, 0.05) is 17.6 Å². The highest BCUT2D eigenvalue weighted by Gasteiger charge is 2.17. The smallest absolute Gasteiger partial charge is 0.266 e. The summed E-state index contributed by atoms with van der Waals surface area (Å²) in [6.45, 7) is 1.46. The highest BCUT2D eigenvalue weighted by molar-refractivity contribution is 7.13. The monoisotopic (exact) mass is 284 g/mol. The van der Waals surface area contributed by atoms with Crippen LogP contribution in [0.25, 0.3) is 0 Å². The molecule has 0 saturated heterocycles. The number of aromatic nitrogens is 1. The number of carbonyl (C=O) groups is 1. The number of thiazole rings is 1. The molecule has 0 aliphatic rings. The highest BCUT2D eigenvalue weighted by atomic mass is 32.1. The number of halogens is 2. The van der Waals surface area contributed by atoms with Crippen molar-refractivity contribution in [2.75, 3.05) is 5.32 Å². The van der Waals surface area contributed by atoms with Crippen molar-refractivity contribution < 1.29 is 18.3 Å². The normalized spacial score (nSPS) is 11.9. The maximum atomic E-state index is 13.3. The van der Waals surface area contributed by atoms with Gasteiger partial charge in [-0.25, -0.2) is 13.8 Å². The fourth-order valence-corrected chi connectivity index (χ4v) is 1.84. The van der Waals surface area contributed by atoms with Gasteiger partial charge in [0.1, 0.15) is 5.82 Å². The molecule has 0 radical (unpaired) electrons. The van der Waals surface area contributed by atoms with E-state index in [4.69, 9.17) is 4.74 Å². The molecule has 0 unspecified atom stereocenters. The summed E-state index contributed by atoms with van der Waals surface area (Å²) in [6, 6.07) is 2.89. The van der Waals surface area contributed by atoms with Crippen molar-refractivity contribution in [3.8, 4) is 5.75 Å². The molecule has 1 aromatic heterocycles. The van der Waals surface area contributed by atoms with E-state index in [1.165, 1.54) is 18.3 Å². The van der Waals surface area contributed by atoms with E-state index >= 15 is 0 Å². The molecule has 1 heterocycles. The number of carbonyl (C=O) groups excluding carboxylic acids is 1. The molecule has 2 rings (SSSR count). The van der Waals surface area contributed by atoms with Gasteiger partial charge in [0.2, 0.25) is 0 Å². The van der Waals surface area contributed by atoms with Gasteiger partial charge in [0.15, 0.2) is 22.8 Å². The lowest BCUT2D eigenvalue weighted by molar-refractivity contribution is -0.122. The molecule has 100 valence electrons. The molecule has 1 N–H and O–H groups in total. The zero-order valence-electron chi connectivity index (χ0n) is 9.89. The van der Waals surface area contributed by atoms with Crippen molar-refractivity contribution in [3.05, 3.63) is 41.4 Å². The van der Waals surface area contributed by atoms with Gasteiger partial charge in [-0.1, -0.05) is 0 Å². The van der Waals surface area contributed by atoms with Gasteiger partial charge in [-0.3, -0.25) is 10.1 Å². The number of nitrogens with zero attached hydrogens (tertiary/aromatic N) is 1. The summed E-state index contributed by atoms with van der Waals surface area (Å²) in [6.07, 6.45) is 0.620. The van der Waals surface area contributed by atoms with Crippen molar-refractivity contribution in [3.63, 3.8) is 0 Å². The Hall–Kier alpha value is -2.02. The number of benzene rings is 1.